The number of hydrogen-bond acceptors (Lipinski definition) is 3. The average molecular weight is 389 g/mol. The van der Waals surface area contributed by atoms with Crippen molar-refractivity contribution in [2.45, 2.75) is 38.1 Å². The second kappa shape index (κ2) is 5.52. The van der Waals surface area contributed by atoms with Crippen LogP contribution in [0.1, 0.15) is 42.5 Å². The number of hydrogen-bond donors (Lipinski definition) is 0. The van der Waals surface area contributed by atoms with Crippen molar-refractivity contribution in [1.29, 1.82) is 0 Å². The van der Waals surface area contributed by atoms with E-state index >= 15 is 0 Å². The molecule has 1 aromatic rings. The lowest BCUT2D eigenvalue weighted by Crippen LogP contribution is -2.41. The third-order valence-electron chi connectivity index (χ3n) is 4.19. The summed E-state index contributed by atoms with van der Waals surface area (Å²) in [4.78, 5) is 26.4. The molecule has 102 valence electrons. The number of carbonyl (C=O) groups excluding carboxylic acids is 2. The van der Waals surface area contributed by atoms with Crippen LogP contribution in [0.5, 0.6) is 0 Å². The highest BCUT2D eigenvalue weighted by molar-refractivity contribution is 14.1. The lowest BCUT2D eigenvalue weighted by Gasteiger charge is -2.28. The molecule has 2 aliphatic rings. The largest absolute Gasteiger partial charge is 0.335 e. The fourth-order valence-corrected chi connectivity index (χ4v) is 4.62. The Labute approximate surface area is 130 Å². The van der Waals surface area contributed by atoms with Gasteiger partial charge in [0.2, 0.25) is 0 Å². The molecule has 1 aliphatic carbocycles. The van der Waals surface area contributed by atoms with E-state index in [1.54, 1.807) is 11.3 Å². The number of Topliss-reactive ketones (excluding diaryl/α,β-unsaturated/α-hetero) is 1. The van der Waals surface area contributed by atoms with Crippen molar-refractivity contribution < 1.29 is 9.59 Å². The van der Waals surface area contributed by atoms with Gasteiger partial charge in [0.1, 0.15) is 5.78 Å². The Balaban J connectivity index is 1.79. The van der Waals surface area contributed by atoms with Gasteiger partial charge in [0.25, 0.3) is 5.91 Å². The molecule has 3 nitrogen and oxygen atoms in total. The maximum atomic E-state index is 12.6. The van der Waals surface area contributed by atoms with Gasteiger partial charge in [0, 0.05) is 30.3 Å². The molecule has 3 rings (SSSR count). The maximum absolute atomic E-state index is 12.6. The number of thiophene rings is 1. The summed E-state index contributed by atoms with van der Waals surface area (Å²) in [6.45, 7) is 0.805. The van der Waals surface area contributed by atoms with Crippen molar-refractivity contribution >= 4 is 45.6 Å². The van der Waals surface area contributed by atoms with Gasteiger partial charge in [0.15, 0.2) is 0 Å². The number of carbonyl (C=O) groups is 2. The van der Waals surface area contributed by atoms with Crippen molar-refractivity contribution in [1.82, 2.24) is 4.90 Å². The summed E-state index contributed by atoms with van der Waals surface area (Å²) in [7, 11) is 0. The molecule has 2 unspecified atom stereocenters. The molecule has 1 aromatic heterocycles. The predicted octanol–water partition coefficient (Wildman–Crippen LogP) is 3.33. The lowest BCUT2D eigenvalue weighted by molar-refractivity contribution is -0.121. The van der Waals surface area contributed by atoms with Crippen LogP contribution in [0.2, 0.25) is 0 Å². The molecule has 2 fully saturated rings. The Hall–Kier alpha value is -0.430. The van der Waals surface area contributed by atoms with E-state index in [2.05, 4.69) is 22.6 Å². The van der Waals surface area contributed by atoms with Gasteiger partial charge in [-0.05, 0) is 54.3 Å². The summed E-state index contributed by atoms with van der Waals surface area (Å²) in [5.74, 6) is 0.579. The van der Waals surface area contributed by atoms with Crippen LogP contribution >= 0.6 is 33.9 Å². The molecular formula is C14H16INO2S. The molecule has 19 heavy (non-hydrogen) atoms. The highest BCUT2D eigenvalue weighted by Crippen LogP contribution is 2.34. The summed E-state index contributed by atoms with van der Waals surface area (Å²) >= 11 is 3.84. The summed E-state index contributed by atoms with van der Waals surface area (Å²) < 4.78 is 1.13. The third kappa shape index (κ3) is 2.59. The summed E-state index contributed by atoms with van der Waals surface area (Å²) in [5, 5.41) is 1.93. The zero-order valence-corrected chi connectivity index (χ0v) is 13.6. The van der Waals surface area contributed by atoms with Gasteiger partial charge in [0.05, 0.1) is 8.45 Å². The zero-order chi connectivity index (χ0) is 13.4. The Morgan fingerprint density at radius 2 is 2.21 bits per heavy atom. The highest BCUT2D eigenvalue weighted by Gasteiger charge is 2.40. The summed E-state index contributed by atoms with van der Waals surface area (Å²) in [5.41, 5.74) is 0.784. The Bertz CT molecular complexity index is 513. The molecule has 0 bridgehead atoms. The van der Waals surface area contributed by atoms with Crippen LogP contribution in [0.15, 0.2) is 11.4 Å². The van der Waals surface area contributed by atoms with E-state index < -0.39 is 0 Å². The van der Waals surface area contributed by atoms with Crippen molar-refractivity contribution in [2.75, 3.05) is 6.54 Å². The Morgan fingerprint density at radius 1 is 1.37 bits per heavy atom. The fourth-order valence-electron chi connectivity index (χ4n) is 3.30. The summed E-state index contributed by atoms with van der Waals surface area (Å²) in [6.07, 6.45) is 4.69. The van der Waals surface area contributed by atoms with Crippen molar-refractivity contribution in [3.63, 3.8) is 0 Å². The van der Waals surface area contributed by atoms with Crippen LogP contribution in [0.3, 0.4) is 0 Å². The minimum atomic E-state index is 0.101. The van der Waals surface area contributed by atoms with Crippen molar-refractivity contribution in [2.24, 2.45) is 5.92 Å². The van der Waals surface area contributed by atoms with Gasteiger partial charge in [-0.2, -0.15) is 0 Å². The first-order valence-corrected chi connectivity index (χ1v) is 8.70. The van der Waals surface area contributed by atoms with Crippen molar-refractivity contribution in [3.05, 3.63) is 19.9 Å². The van der Waals surface area contributed by atoms with Crippen LogP contribution < -0.4 is 0 Å². The first kappa shape index (κ1) is 13.5. The second-order valence-electron chi connectivity index (χ2n) is 5.31. The van der Waals surface area contributed by atoms with Gasteiger partial charge < -0.3 is 4.90 Å². The number of halogens is 1. The lowest BCUT2D eigenvalue weighted by atomic mass is 9.95. The molecule has 0 radical (unpaired) electrons. The SMILES string of the molecule is O=C1CCCC1C1CCCN1C(=O)c1csc(I)c1. The molecule has 1 aliphatic heterocycles. The first-order chi connectivity index (χ1) is 9.16. The smallest absolute Gasteiger partial charge is 0.255 e. The van der Waals surface area contributed by atoms with Gasteiger partial charge >= 0.3 is 0 Å². The number of nitrogens with zero attached hydrogens (tertiary/aromatic N) is 1. The van der Waals surface area contributed by atoms with E-state index in [1.807, 2.05) is 16.3 Å². The average Bonchev–Trinajstić information content (AvgIpc) is 3.07. The first-order valence-electron chi connectivity index (χ1n) is 6.74. The minimum absolute atomic E-state index is 0.101. The Kier molecular flexibility index (Phi) is 3.93. The van der Waals surface area contributed by atoms with E-state index in [4.69, 9.17) is 0 Å². The molecule has 0 aromatic carbocycles. The Morgan fingerprint density at radius 3 is 2.84 bits per heavy atom. The fraction of sp³-hybridized carbons (Fsp3) is 0.571. The van der Waals surface area contributed by atoms with E-state index in [-0.39, 0.29) is 17.9 Å². The molecular weight excluding hydrogens is 373 g/mol. The maximum Gasteiger partial charge on any atom is 0.255 e. The summed E-state index contributed by atoms with van der Waals surface area (Å²) in [6, 6.07) is 2.10. The van der Waals surface area contributed by atoms with Crippen LogP contribution in [0.25, 0.3) is 0 Å². The van der Waals surface area contributed by atoms with Gasteiger partial charge in [-0.15, -0.1) is 11.3 Å². The highest BCUT2D eigenvalue weighted by atomic mass is 127. The topological polar surface area (TPSA) is 37.4 Å². The number of ketones is 1. The van der Waals surface area contributed by atoms with Crippen molar-refractivity contribution in [3.8, 4) is 0 Å². The number of amides is 1. The van der Waals surface area contributed by atoms with Crippen LogP contribution in [0, 0.1) is 8.80 Å². The molecule has 5 heteroatoms. The minimum Gasteiger partial charge on any atom is -0.335 e. The van der Waals surface area contributed by atoms with Gasteiger partial charge in [-0.25, -0.2) is 0 Å². The van der Waals surface area contributed by atoms with E-state index in [9.17, 15) is 9.59 Å². The predicted molar refractivity (Wildman–Crippen MR) is 83.4 cm³/mol. The second-order valence-corrected chi connectivity index (χ2v) is 8.12. The van der Waals surface area contributed by atoms with Gasteiger partial charge in [-0.3, -0.25) is 9.59 Å². The van der Waals surface area contributed by atoms with Crippen LogP contribution in [-0.4, -0.2) is 29.2 Å². The number of rotatable bonds is 2. The molecule has 1 saturated carbocycles. The molecule has 1 saturated heterocycles. The van der Waals surface area contributed by atoms with E-state index in [0.717, 1.165) is 40.7 Å². The monoisotopic (exact) mass is 389 g/mol. The molecule has 2 heterocycles. The molecule has 0 N–H and O–H groups in total. The zero-order valence-electron chi connectivity index (χ0n) is 10.6. The van der Waals surface area contributed by atoms with Gasteiger partial charge in [-0.1, -0.05) is 0 Å². The number of likely N-dealkylation sites (tertiary alicyclic amines) is 1. The molecule has 1 amide bonds. The van der Waals surface area contributed by atoms with Crippen LogP contribution in [-0.2, 0) is 4.79 Å². The quantitative estimate of drug-likeness (QED) is 0.728. The molecule has 2 atom stereocenters. The van der Waals surface area contributed by atoms with E-state index in [0.29, 0.717) is 12.2 Å². The standard InChI is InChI=1S/C14H16INO2S/c15-13-7-9(8-19-13)14(18)16-6-2-4-11(16)10-3-1-5-12(10)17/h7-8,10-11H,1-6H2. The van der Waals surface area contributed by atoms with Crippen LogP contribution in [0.4, 0.5) is 0 Å². The van der Waals surface area contributed by atoms with E-state index in [1.165, 1.54) is 0 Å². The third-order valence-corrected chi connectivity index (χ3v) is 5.98. The normalized spacial score (nSPS) is 27.2. The molecule has 0 spiro atoms.